The number of carbonyl (C=O) groups is 1. The number of nitrogens with zero attached hydrogens (tertiary/aromatic N) is 2. The largest absolute Gasteiger partial charge is 0.490 e. The molecule has 2 N–H and O–H groups in total. The molecule has 2 heterocycles. The number of hydrogen-bond acceptors (Lipinski definition) is 6. The molecule has 142 valence electrons. The molecule has 1 aromatic carbocycles. The van der Waals surface area contributed by atoms with Gasteiger partial charge in [-0.1, -0.05) is 0 Å². The van der Waals surface area contributed by atoms with Crippen LogP contribution >= 0.6 is 0 Å². The first-order chi connectivity index (χ1) is 13.0. The Morgan fingerprint density at radius 1 is 1.44 bits per heavy atom. The Hall–Kier alpha value is -3.05. The first-order valence-corrected chi connectivity index (χ1v) is 8.54. The van der Waals surface area contributed by atoms with Gasteiger partial charge < -0.3 is 24.5 Å². The highest BCUT2D eigenvalue weighted by atomic mass is 19.1. The predicted molar refractivity (Wildman–Crippen MR) is 95.2 cm³/mol. The molecule has 0 aliphatic carbocycles. The lowest BCUT2D eigenvalue weighted by Gasteiger charge is -2.22. The number of nitrogens with two attached hydrogens (primary N) is 1. The van der Waals surface area contributed by atoms with Crippen molar-refractivity contribution in [3.05, 3.63) is 41.5 Å². The highest BCUT2D eigenvalue weighted by Gasteiger charge is 2.22. The van der Waals surface area contributed by atoms with Gasteiger partial charge in [0.2, 0.25) is 0 Å². The van der Waals surface area contributed by atoms with Crippen LogP contribution in [0.15, 0.2) is 24.4 Å². The van der Waals surface area contributed by atoms with Crippen LogP contribution in [0.5, 0.6) is 5.75 Å². The quantitative estimate of drug-likeness (QED) is 0.809. The topological polar surface area (TPSA) is 99.5 Å². The molecule has 1 aromatic heterocycles. The molecule has 27 heavy (non-hydrogen) atoms. The molecule has 0 saturated carbocycles. The van der Waals surface area contributed by atoms with Gasteiger partial charge in [-0.05, 0) is 30.9 Å². The fourth-order valence-corrected chi connectivity index (χ4v) is 3.00. The average Bonchev–Trinajstić information content (AvgIpc) is 3.03. The van der Waals surface area contributed by atoms with E-state index in [0.29, 0.717) is 31.4 Å². The number of nitriles is 1. The summed E-state index contributed by atoms with van der Waals surface area (Å²) < 4.78 is 31.5. The Morgan fingerprint density at radius 3 is 2.81 bits per heavy atom. The van der Waals surface area contributed by atoms with Gasteiger partial charge in [-0.3, -0.25) is 0 Å². The number of rotatable bonds is 5. The lowest BCUT2D eigenvalue weighted by molar-refractivity contribution is 0.0491. The van der Waals surface area contributed by atoms with E-state index in [4.69, 9.17) is 25.2 Å². The van der Waals surface area contributed by atoms with E-state index in [-0.39, 0.29) is 22.7 Å². The summed E-state index contributed by atoms with van der Waals surface area (Å²) in [6.45, 7) is 1.81. The SMILES string of the molecule is COC(=O)c1c(N)c(C#N)cn1-c1ccc(OCC2CCOCC2)c(F)c1. The number of halogens is 1. The monoisotopic (exact) mass is 373 g/mol. The number of ether oxygens (including phenoxy) is 3. The molecule has 1 fully saturated rings. The van der Waals surface area contributed by atoms with Gasteiger partial charge in [0.05, 0.1) is 25.0 Å². The van der Waals surface area contributed by atoms with Crippen LogP contribution in [0.3, 0.4) is 0 Å². The summed E-state index contributed by atoms with van der Waals surface area (Å²) in [5, 5.41) is 9.15. The highest BCUT2D eigenvalue weighted by molar-refractivity contribution is 5.95. The van der Waals surface area contributed by atoms with Crippen LogP contribution in [0.2, 0.25) is 0 Å². The number of nitrogen functional groups attached to an aromatic ring is 1. The molecule has 0 radical (unpaired) electrons. The van der Waals surface area contributed by atoms with Crippen molar-refractivity contribution in [1.82, 2.24) is 4.57 Å². The minimum Gasteiger partial charge on any atom is -0.490 e. The van der Waals surface area contributed by atoms with Crippen molar-refractivity contribution in [3.8, 4) is 17.5 Å². The van der Waals surface area contributed by atoms with Gasteiger partial charge in [0, 0.05) is 31.2 Å². The Balaban J connectivity index is 1.85. The van der Waals surface area contributed by atoms with E-state index in [1.54, 1.807) is 6.07 Å². The summed E-state index contributed by atoms with van der Waals surface area (Å²) in [5.74, 6) is -0.813. The predicted octanol–water partition coefficient (Wildman–Crippen LogP) is 2.66. The zero-order valence-corrected chi connectivity index (χ0v) is 14.9. The van der Waals surface area contributed by atoms with Gasteiger partial charge in [-0.2, -0.15) is 5.26 Å². The summed E-state index contributed by atoms with van der Waals surface area (Å²) >= 11 is 0. The van der Waals surface area contributed by atoms with Crippen molar-refractivity contribution >= 4 is 11.7 Å². The summed E-state index contributed by atoms with van der Waals surface area (Å²) in [7, 11) is 1.21. The number of carbonyl (C=O) groups excluding carboxylic acids is 1. The van der Waals surface area contributed by atoms with E-state index in [9.17, 15) is 9.18 Å². The van der Waals surface area contributed by atoms with Crippen LogP contribution in [-0.2, 0) is 9.47 Å². The van der Waals surface area contributed by atoms with Crippen LogP contribution in [0.4, 0.5) is 10.1 Å². The molecule has 7 nitrogen and oxygen atoms in total. The third-order valence-corrected chi connectivity index (χ3v) is 4.55. The summed E-state index contributed by atoms with van der Waals surface area (Å²) in [6.07, 6.45) is 3.16. The number of hydrogen-bond donors (Lipinski definition) is 1. The molecule has 2 aromatic rings. The zero-order valence-electron chi connectivity index (χ0n) is 14.9. The normalized spacial score (nSPS) is 14.6. The van der Waals surface area contributed by atoms with E-state index < -0.39 is 11.8 Å². The fraction of sp³-hybridized carbons (Fsp3) is 0.368. The van der Waals surface area contributed by atoms with Crippen molar-refractivity contribution in [1.29, 1.82) is 5.26 Å². The zero-order chi connectivity index (χ0) is 19.4. The highest BCUT2D eigenvalue weighted by Crippen LogP contribution is 2.28. The average molecular weight is 373 g/mol. The molecule has 0 amide bonds. The van der Waals surface area contributed by atoms with Gasteiger partial charge in [-0.25, -0.2) is 9.18 Å². The van der Waals surface area contributed by atoms with Crippen molar-refractivity contribution < 1.29 is 23.4 Å². The molecule has 8 heteroatoms. The first kappa shape index (κ1) is 18.7. The standard InChI is InChI=1S/C19H20FN3O4/c1-25-19(24)18-17(22)13(9-21)10-23(18)14-2-3-16(15(20)8-14)27-11-12-4-6-26-7-5-12/h2-3,8,10,12H,4-7,11,22H2,1H3. The molecule has 1 saturated heterocycles. The Morgan fingerprint density at radius 2 is 2.19 bits per heavy atom. The summed E-state index contributed by atoms with van der Waals surface area (Å²) in [5.41, 5.74) is 6.26. The molecular weight excluding hydrogens is 353 g/mol. The Labute approximate surface area is 156 Å². The fourth-order valence-electron chi connectivity index (χ4n) is 3.00. The van der Waals surface area contributed by atoms with Gasteiger partial charge in [0.15, 0.2) is 17.3 Å². The van der Waals surface area contributed by atoms with E-state index in [2.05, 4.69) is 0 Å². The summed E-state index contributed by atoms with van der Waals surface area (Å²) in [4.78, 5) is 12.0. The number of aromatic nitrogens is 1. The maximum absolute atomic E-state index is 14.5. The third-order valence-electron chi connectivity index (χ3n) is 4.55. The number of esters is 1. The molecule has 3 rings (SSSR count). The molecular formula is C19H20FN3O4. The second kappa shape index (κ2) is 8.10. The van der Waals surface area contributed by atoms with Gasteiger partial charge in [0.1, 0.15) is 6.07 Å². The molecule has 0 unspecified atom stereocenters. The van der Waals surface area contributed by atoms with E-state index >= 15 is 0 Å². The number of benzene rings is 1. The second-order valence-corrected chi connectivity index (χ2v) is 6.26. The van der Waals surface area contributed by atoms with Crippen LogP contribution in [0.25, 0.3) is 5.69 Å². The van der Waals surface area contributed by atoms with Gasteiger partial charge in [-0.15, -0.1) is 0 Å². The third kappa shape index (κ3) is 3.88. The minimum atomic E-state index is -0.714. The molecule has 0 spiro atoms. The Bertz CT molecular complexity index is 882. The van der Waals surface area contributed by atoms with Gasteiger partial charge >= 0.3 is 5.97 Å². The number of anilines is 1. The molecule has 1 aliphatic heterocycles. The van der Waals surface area contributed by atoms with Crippen molar-refractivity contribution in [2.24, 2.45) is 5.92 Å². The lowest BCUT2D eigenvalue weighted by Crippen LogP contribution is -2.21. The first-order valence-electron chi connectivity index (χ1n) is 8.54. The van der Waals surface area contributed by atoms with Gasteiger partial charge in [0.25, 0.3) is 0 Å². The molecule has 0 bridgehead atoms. The lowest BCUT2D eigenvalue weighted by atomic mass is 10.0. The van der Waals surface area contributed by atoms with E-state index in [1.165, 1.54) is 30.0 Å². The van der Waals surface area contributed by atoms with Crippen LogP contribution in [0, 0.1) is 23.1 Å². The van der Waals surface area contributed by atoms with Crippen LogP contribution in [0.1, 0.15) is 28.9 Å². The number of methoxy groups -OCH3 is 1. The van der Waals surface area contributed by atoms with Crippen molar-refractivity contribution in [2.45, 2.75) is 12.8 Å². The van der Waals surface area contributed by atoms with Crippen molar-refractivity contribution in [3.63, 3.8) is 0 Å². The molecule has 1 aliphatic rings. The van der Waals surface area contributed by atoms with E-state index in [1.807, 2.05) is 6.07 Å². The van der Waals surface area contributed by atoms with Crippen molar-refractivity contribution in [2.75, 3.05) is 32.7 Å². The maximum atomic E-state index is 14.5. The van der Waals surface area contributed by atoms with E-state index in [0.717, 1.165) is 12.8 Å². The van der Waals surface area contributed by atoms with Crippen LogP contribution in [-0.4, -0.2) is 37.5 Å². The van der Waals surface area contributed by atoms with Crippen LogP contribution < -0.4 is 10.5 Å². The summed E-state index contributed by atoms with van der Waals surface area (Å²) in [6, 6.07) is 6.22. The smallest absolute Gasteiger partial charge is 0.357 e. The maximum Gasteiger partial charge on any atom is 0.357 e. The second-order valence-electron chi connectivity index (χ2n) is 6.26. The Kier molecular flexibility index (Phi) is 5.62. The molecule has 0 atom stereocenters. The minimum absolute atomic E-state index is 0.00963.